The van der Waals surface area contributed by atoms with E-state index in [1.807, 2.05) is 43.3 Å². The molecule has 0 aliphatic rings. The average Bonchev–Trinajstić information content (AvgIpc) is 2.73. The van der Waals surface area contributed by atoms with Crippen LogP contribution in [0, 0.1) is 6.92 Å². The molecule has 0 radical (unpaired) electrons. The molecule has 0 heterocycles. The number of carbonyl (C=O) groups excluding carboxylic acids is 1. The highest BCUT2D eigenvalue weighted by atomic mass is 35.5. The van der Waals surface area contributed by atoms with E-state index >= 15 is 0 Å². The molecular weight excluding hydrogens is 414 g/mol. The van der Waals surface area contributed by atoms with E-state index in [2.05, 4.69) is 11.4 Å². The van der Waals surface area contributed by atoms with E-state index in [0.29, 0.717) is 17.0 Å². The van der Waals surface area contributed by atoms with Gasteiger partial charge in [-0.25, -0.2) is 0 Å². The smallest absolute Gasteiger partial charge is 0.246 e. The molecule has 31 heavy (non-hydrogen) atoms. The van der Waals surface area contributed by atoms with Crippen LogP contribution in [0.3, 0.4) is 0 Å². The molecule has 0 spiro atoms. The fraction of sp³-hybridized carbons (Fsp3) is 0.240. The number of para-hydroxylation sites is 1. The van der Waals surface area contributed by atoms with E-state index in [1.165, 1.54) is 13.2 Å². The van der Waals surface area contributed by atoms with E-state index in [-0.39, 0.29) is 18.3 Å². The van der Waals surface area contributed by atoms with Gasteiger partial charge in [-0.2, -0.15) is 0 Å². The topological polar surface area (TPSA) is 78.8 Å². The number of aliphatic hydroxyl groups is 1. The fourth-order valence-corrected chi connectivity index (χ4v) is 3.86. The summed E-state index contributed by atoms with van der Waals surface area (Å²) in [5, 5.41) is 24.5. The van der Waals surface area contributed by atoms with Gasteiger partial charge in [-0.3, -0.25) is 4.79 Å². The normalized spacial score (nSPS) is 12.9. The number of hydrogen-bond donors (Lipinski definition) is 3. The molecule has 1 amide bonds. The Kier molecular flexibility index (Phi) is 7.69. The Morgan fingerprint density at radius 3 is 2.42 bits per heavy atom. The van der Waals surface area contributed by atoms with Gasteiger partial charge in [0.25, 0.3) is 0 Å². The van der Waals surface area contributed by atoms with Crippen LogP contribution in [0.1, 0.15) is 22.8 Å². The highest BCUT2D eigenvalue weighted by Gasteiger charge is 2.25. The monoisotopic (exact) mass is 439 g/mol. The van der Waals surface area contributed by atoms with Crippen LogP contribution in [0.25, 0.3) is 11.1 Å². The number of methoxy groups -OCH3 is 1. The second-order valence-corrected chi connectivity index (χ2v) is 7.97. The molecule has 2 atom stereocenters. The third-order valence-corrected chi connectivity index (χ3v) is 5.26. The number of hydrogen-bond acceptors (Lipinski definition) is 4. The largest absolute Gasteiger partial charge is 0.508 e. The van der Waals surface area contributed by atoms with Gasteiger partial charge in [-0.05, 0) is 53.8 Å². The van der Waals surface area contributed by atoms with Crippen LogP contribution in [0.4, 0.5) is 0 Å². The Hall–Kier alpha value is -2.86. The Balaban J connectivity index is 1.83. The summed E-state index contributed by atoms with van der Waals surface area (Å²) < 4.78 is 4.89. The molecule has 3 N–H and O–H groups in total. The second kappa shape index (κ2) is 10.4. The first-order chi connectivity index (χ1) is 14.9. The molecule has 6 heteroatoms. The molecule has 0 saturated carbocycles. The fourth-order valence-electron chi connectivity index (χ4n) is 3.57. The zero-order valence-electron chi connectivity index (χ0n) is 17.5. The van der Waals surface area contributed by atoms with Crippen LogP contribution in [0.15, 0.2) is 66.7 Å². The first kappa shape index (κ1) is 22.8. The summed E-state index contributed by atoms with van der Waals surface area (Å²) in [6.45, 7) is 1.88. The number of nitrogens with one attached hydrogen (secondary N) is 1. The lowest BCUT2D eigenvalue weighted by Gasteiger charge is -2.25. The lowest BCUT2D eigenvalue weighted by molar-refractivity contribution is -0.126. The number of halogens is 1. The molecule has 162 valence electrons. The third kappa shape index (κ3) is 6.07. The van der Waals surface area contributed by atoms with Crippen LogP contribution in [-0.2, 0) is 16.0 Å². The van der Waals surface area contributed by atoms with Gasteiger partial charge < -0.3 is 20.3 Å². The number of phenols is 1. The minimum absolute atomic E-state index is 0.0207. The Bertz CT molecular complexity index is 1020. The molecule has 0 unspecified atom stereocenters. The van der Waals surface area contributed by atoms with Gasteiger partial charge in [0.15, 0.2) is 0 Å². The summed E-state index contributed by atoms with van der Waals surface area (Å²) in [4.78, 5) is 12.1. The lowest BCUT2D eigenvalue weighted by atomic mass is 9.94. The summed E-state index contributed by atoms with van der Waals surface area (Å²) in [6.07, 6.45) is -0.711. The molecule has 3 aromatic rings. The number of rotatable bonds is 8. The summed E-state index contributed by atoms with van der Waals surface area (Å²) in [5.74, 6) is -0.361. The maximum absolute atomic E-state index is 12.1. The average molecular weight is 440 g/mol. The third-order valence-electron chi connectivity index (χ3n) is 5.04. The number of ether oxygens (including phenoxy) is 1. The van der Waals surface area contributed by atoms with Crippen molar-refractivity contribution in [2.45, 2.75) is 25.5 Å². The predicted molar refractivity (Wildman–Crippen MR) is 122 cm³/mol. The van der Waals surface area contributed by atoms with Gasteiger partial charge >= 0.3 is 0 Å². The first-order valence-corrected chi connectivity index (χ1v) is 10.4. The van der Waals surface area contributed by atoms with E-state index in [0.717, 1.165) is 22.3 Å². The SMILES string of the molecule is COCC(=O)N[C@@H](Cc1ccc(-c2cc(C)cc(Cl)c2)cc1)[C@H](O)c1ccccc1O. The van der Waals surface area contributed by atoms with Crippen molar-refractivity contribution in [3.8, 4) is 16.9 Å². The Morgan fingerprint density at radius 1 is 1.06 bits per heavy atom. The maximum Gasteiger partial charge on any atom is 0.246 e. The van der Waals surface area contributed by atoms with Crippen LogP contribution < -0.4 is 5.32 Å². The van der Waals surface area contributed by atoms with E-state index < -0.39 is 12.1 Å². The number of aliphatic hydroxyl groups excluding tert-OH is 1. The molecule has 0 aliphatic carbocycles. The first-order valence-electron chi connectivity index (χ1n) is 9.98. The number of aryl methyl sites for hydroxylation is 1. The molecule has 0 bridgehead atoms. The lowest BCUT2D eigenvalue weighted by Crippen LogP contribution is -2.42. The Labute approximate surface area is 187 Å². The number of aromatic hydroxyl groups is 1. The minimum atomic E-state index is -1.09. The van der Waals surface area contributed by atoms with Crippen molar-refractivity contribution in [1.29, 1.82) is 0 Å². The zero-order valence-corrected chi connectivity index (χ0v) is 18.3. The van der Waals surface area contributed by atoms with Gasteiger partial charge in [-0.1, -0.05) is 60.1 Å². The number of amides is 1. The van der Waals surface area contributed by atoms with Crippen LogP contribution >= 0.6 is 11.6 Å². The maximum atomic E-state index is 12.1. The minimum Gasteiger partial charge on any atom is -0.508 e. The molecule has 0 saturated heterocycles. The summed E-state index contributed by atoms with van der Waals surface area (Å²) in [5.41, 5.74) is 4.42. The van der Waals surface area contributed by atoms with Crippen molar-refractivity contribution in [2.24, 2.45) is 0 Å². The van der Waals surface area contributed by atoms with Crippen molar-refractivity contribution in [3.05, 3.63) is 88.4 Å². The molecule has 0 fully saturated rings. The molecular formula is C25H26ClNO4. The molecule has 0 aliphatic heterocycles. The summed E-state index contributed by atoms with van der Waals surface area (Å²) >= 11 is 6.18. The highest BCUT2D eigenvalue weighted by Crippen LogP contribution is 2.29. The quantitative estimate of drug-likeness (QED) is 0.485. The predicted octanol–water partition coefficient (Wildman–Crippen LogP) is 4.43. The second-order valence-electron chi connectivity index (χ2n) is 7.53. The number of carbonyl (C=O) groups is 1. The molecule has 0 aromatic heterocycles. The van der Waals surface area contributed by atoms with Crippen LogP contribution in [-0.4, -0.2) is 35.9 Å². The summed E-state index contributed by atoms with van der Waals surface area (Å²) in [7, 11) is 1.43. The standard InChI is InChI=1S/C25H26ClNO4/c1-16-11-19(14-20(26)12-16)18-9-7-17(8-10-18)13-22(27-24(29)15-31-2)25(30)21-5-3-4-6-23(21)28/h3-12,14,22,25,28,30H,13,15H2,1-2H3,(H,27,29)/t22-,25+/m0/s1. The van der Waals surface area contributed by atoms with Crippen molar-refractivity contribution in [3.63, 3.8) is 0 Å². The van der Waals surface area contributed by atoms with E-state index in [1.54, 1.807) is 18.2 Å². The van der Waals surface area contributed by atoms with Crippen molar-refractivity contribution in [1.82, 2.24) is 5.32 Å². The molecule has 5 nitrogen and oxygen atoms in total. The number of phenolic OH excluding ortho intramolecular Hbond substituents is 1. The summed E-state index contributed by atoms with van der Waals surface area (Å²) in [6, 6.07) is 19.7. The molecule has 3 aromatic carbocycles. The van der Waals surface area contributed by atoms with Gasteiger partial charge in [-0.15, -0.1) is 0 Å². The molecule has 3 rings (SSSR count). The Morgan fingerprint density at radius 2 is 1.77 bits per heavy atom. The zero-order chi connectivity index (χ0) is 22.4. The van der Waals surface area contributed by atoms with Crippen molar-refractivity contribution >= 4 is 17.5 Å². The van der Waals surface area contributed by atoms with E-state index in [4.69, 9.17) is 16.3 Å². The van der Waals surface area contributed by atoms with Gasteiger partial charge in [0.1, 0.15) is 18.5 Å². The van der Waals surface area contributed by atoms with Crippen LogP contribution in [0.5, 0.6) is 5.75 Å². The van der Waals surface area contributed by atoms with Gasteiger partial charge in [0.05, 0.1) is 6.04 Å². The van der Waals surface area contributed by atoms with Gasteiger partial charge in [0.2, 0.25) is 5.91 Å². The highest BCUT2D eigenvalue weighted by molar-refractivity contribution is 6.30. The van der Waals surface area contributed by atoms with Gasteiger partial charge in [0, 0.05) is 17.7 Å². The van der Waals surface area contributed by atoms with E-state index in [9.17, 15) is 15.0 Å². The van der Waals surface area contributed by atoms with Crippen molar-refractivity contribution in [2.75, 3.05) is 13.7 Å². The van der Waals surface area contributed by atoms with Crippen molar-refractivity contribution < 1.29 is 19.7 Å². The van der Waals surface area contributed by atoms with Crippen LogP contribution in [0.2, 0.25) is 5.02 Å². The number of benzene rings is 3.